The van der Waals surface area contributed by atoms with Crippen molar-refractivity contribution in [1.82, 2.24) is 5.32 Å². The second kappa shape index (κ2) is 9.23. The first-order chi connectivity index (χ1) is 10.0. The van der Waals surface area contributed by atoms with E-state index in [0.717, 1.165) is 10.6 Å². The Morgan fingerprint density at radius 3 is 2.67 bits per heavy atom. The van der Waals surface area contributed by atoms with Crippen LogP contribution in [0.2, 0.25) is 0 Å². The molecule has 1 aromatic carbocycles. The molecule has 0 bridgehead atoms. The molecule has 1 rings (SSSR count). The number of hydrogen-bond donors (Lipinski definition) is 2. The summed E-state index contributed by atoms with van der Waals surface area (Å²) in [5.74, 6) is 0.385. The van der Waals surface area contributed by atoms with Gasteiger partial charge in [0.2, 0.25) is 5.91 Å². The summed E-state index contributed by atoms with van der Waals surface area (Å²) in [6.07, 6.45) is 2.98. The Morgan fingerprint density at radius 2 is 2.00 bits per heavy atom. The van der Waals surface area contributed by atoms with E-state index in [1.165, 1.54) is 5.57 Å². The minimum Gasteiger partial charge on any atom is -0.370 e. The SMILES string of the molecule is CC(C)=CCSc1ccccc1C(=O)NCCCC(N)=O. The van der Waals surface area contributed by atoms with Crippen LogP contribution >= 0.6 is 11.8 Å². The van der Waals surface area contributed by atoms with Gasteiger partial charge < -0.3 is 11.1 Å². The molecule has 0 aliphatic rings. The highest BCUT2D eigenvalue weighted by molar-refractivity contribution is 7.99. The number of carbonyl (C=O) groups excluding carboxylic acids is 2. The van der Waals surface area contributed by atoms with Gasteiger partial charge in [-0.3, -0.25) is 9.59 Å². The molecule has 0 spiro atoms. The number of primary amides is 1. The van der Waals surface area contributed by atoms with E-state index in [1.807, 2.05) is 24.3 Å². The lowest BCUT2D eigenvalue weighted by Crippen LogP contribution is -2.26. The normalized spacial score (nSPS) is 10.0. The first-order valence-electron chi connectivity index (χ1n) is 6.92. The Hall–Kier alpha value is -1.75. The van der Waals surface area contributed by atoms with Crippen molar-refractivity contribution in [2.45, 2.75) is 31.6 Å². The molecule has 3 N–H and O–H groups in total. The second-order valence-electron chi connectivity index (χ2n) is 4.91. The smallest absolute Gasteiger partial charge is 0.252 e. The Labute approximate surface area is 130 Å². The van der Waals surface area contributed by atoms with Gasteiger partial charge in [-0.15, -0.1) is 11.8 Å². The van der Waals surface area contributed by atoms with Crippen LogP contribution in [0.25, 0.3) is 0 Å². The Kier molecular flexibility index (Phi) is 7.61. The Morgan fingerprint density at radius 1 is 1.29 bits per heavy atom. The Balaban J connectivity index is 2.58. The van der Waals surface area contributed by atoms with Gasteiger partial charge in [-0.25, -0.2) is 0 Å². The zero-order valence-corrected chi connectivity index (χ0v) is 13.3. The van der Waals surface area contributed by atoms with E-state index in [0.29, 0.717) is 18.5 Å². The summed E-state index contributed by atoms with van der Waals surface area (Å²) in [7, 11) is 0. The summed E-state index contributed by atoms with van der Waals surface area (Å²) in [6.45, 7) is 4.56. The van der Waals surface area contributed by atoms with Gasteiger partial charge in [0, 0.05) is 23.6 Å². The number of allylic oxidation sites excluding steroid dienone is 1. The molecule has 0 heterocycles. The molecule has 0 aliphatic carbocycles. The van der Waals surface area contributed by atoms with Crippen LogP contribution in [-0.4, -0.2) is 24.1 Å². The van der Waals surface area contributed by atoms with Crippen LogP contribution in [0.3, 0.4) is 0 Å². The number of benzene rings is 1. The number of hydrogen-bond acceptors (Lipinski definition) is 3. The third kappa shape index (κ3) is 6.99. The summed E-state index contributed by atoms with van der Waals surface area (Å²) in [5.41, 5.74) is 6.99. The minimum atomic E-state index is -0.345. The van der Waals surface area contributed by atoms with Gasteiger partial charge in [0.1, 0.15) is 0 Å². The molecule has 0 saturated carbocycles. The van der Waals surface area contributed by atoms with Gasteiger partial charge in [-0.2, -0.15) is 0 Å². The van der Waals surface area contributed by atoms with Crippen molar-refractivity contribution < 1.29 is 9.59 Å². The fraction of sp³-hybridized carbons (Fsp3) is 0.375. The number of carbonyl (C=O) groups is 2. The molecule has 0 aromatic heterocycles. The van der Waals surface area contributed by atoms with Crippen molar-refractivity contribution in [2.75, 3.05) is 12.3 Å². The highest BCUT2D eigenvalue weighted by Gasteiger charge is 2.10. The fourth-order valence-electron chi connectivity index (χ4n) is 1.64. The van der Waals surface area contributed by atoms with Crippen molar-refractivity contribution in [1.29, 1.82) is 0 Å². The van der Waals surface area contributed by atoms with Gasteiger partial charge in [-0.1, -0.05) is 23.8 Å². The van der Waals surface area contributed by atoms with Crippen molar-refractivity contribution in [2.24, 2.45) is 5.73 Å². The molecule has 114 valence electrons. The molecule has 5 heteroatoms. The summed E-state index contributed by atoms with van der Waals surface area (Å²) in [4.78, 5) is 23.8. The average Bonchev–Trinajstić information content (AvgIpc) is 2.43. The van der Waals surface area contributed by atoms with Gasteiger partial charge >= 0.3 is 0 Å². The Bertz CT molecular complexity index is 523. The summed E-state index contributed by atoms with van der Waals surface area (Å²) < 4.78 is 0. The number of nitrogens with two attached hydrogens (primary N) is 1. The minimum absolute atomic E-state index is 0.111. The van der Waals surface area contributed by atoms with Crippen molar-refractivity contribution in [3.05, 3.63) is 41.5 Å². The van der Waals surface area contributed by atoms with E-state index in [9.17, 15) is 9.59 Å². The van der Waals surface area contributed by atoms with E-state index >= 15 is 0 Å². The van der Waals surface area contributed by atoms with Crippen LogP contribution < -0.4 is 11.1 Å². The van der Waals surface area contributed by atoms with Gasteiger partial charge in [-0.05, 0) is 32.4 Å². The van der Waals surface area contributed by atoms with Gasteiger partial charge in [0.25, 0.3) is 5.91 Å². The predicted molar refractivity (Wildman–Crippen MR) is 87.4 cm³/mol. The van der Waals surface area contributed by atoms with E-state index in [2.05, 4.69) is 25.2 Å². The molecule has 2 amide bonds. The molecule has 4 nitrogen and oxygen atoms in total. The van der Waals surface area contributed by atoms with Crippen molar-refractivity contribution in [3.8, 4) is 0 Å². The third-order valence-electron chi connectivity index (χ3n) is 2.75. The maximum atomic E-state index is 12.2. The van der Waals surface area contributed by atoms with Crippen LogP contribution in [0.1, 0.15) is 37.0 Å². The molecular weight excluding hydrogens is 284 g/mol. The van der Waals surface area contributed by atoms with Crippen LogP contribution in [0.4, 0.5) is 0 Å². The average molecular weight is 306 g/mol. The lowest BCUT2D eigenvalue weighted by Gasteiger charge is -2.09. The van der Waals surface area contributed by atoms with E-state index in [-0.39, 0.29) is 18.2 Å². The lowest BCUT2D eigenvalue weighted by atomic mass is 10.2. The molecular formula is C16H22N2O2S. The maximum absolute atomic E-state index is 12.2. The number of amides is 2. The number of nitrogens with one attached hydrogen (secondary N) is 1. The highest BCUT2D eigenvalue weighted by Crippen LogP contribution is 2.23. The second-order valence-corrected chi connectivity index (χ2v) is 5.98. The number of rotatable bonds is 8. The molecule has 0 radical (unpaired) electrons. The van der Waals surface area contributed by atoms with Crippen LogP contribution in [0, 0.1) is 0 Å². The van der Waals surface area contributed by atoms with E-state index in [1.54, 1.807) is 11.8 Å². The summed E-state index contributed by atoms with van der Waals surface area (Å²) in [6, 6.07) is 7.54. The molecule has 0 aliphatic heterocycles. The van der Waals surface area contributed by atoms with Crippen LogP contribution in [0.15, 0.2) is 40.8 Å². The van der Waals surface area contributed by atoms with E-state index in [4.69, 9.17) is 5.73 Å². The van der Waals surface area contributed by atoms with Crippen LogP contribution in [-0.2, 0) is 4.79 Å². The lowest BCUT2D eigenvalue weighted by molar-refractivity contribution is -0.118. The molecule has 1 aromatic rings. The van der Waals surface area contributed by atoms with E-state index < -0.39 is 0 Å². The molecule has 0 unspecified atom stereocenters. The van der Waals surface area contributed by atoms with Crippen LogP contribution in [0.5, 0.6) is 0 Å². The highest BCUT2D eigenvalue weighted by atomic mass is 32.2. The summed E-state index contributed by atoms with van der Waals surface area (Å²) >= 11 is 1.64. The monoisotopic (exact) mass is 306 g/mol. The molecule has 0 fully saturated rings. The number of thioether (sulfide) groups is 1. The first-order valence-corrected chi connectivity index (χ1v) is 7.91. The third-order valence-corrected chi connectivity index (χ3v) is 3.75. The molecule has 21 heavy (non-hydrogen) atoms. The fourth-order valence-corrected chi connectivity index (χ4v) is 2.73. The quantitative estimate of drug-likeness (QED) is 0.441. The zero-order chi connectivity index (χ0) is 15.7. The predicted octanol–water partition coefficient (Wildman–Crippen LogP) is 2.74. The van der Waals surface area contributed by atoms with Crippen molar-refractivity contribution >= 4 is 23.6 Å². The standard InChI is InChI=1S/C16H22N2O2S/c1-12(2)9-11-21-14-7-4-3-6-13(14)16(20)18-10-5-8-15(17)19/h3-4,6-7,9H,5,8,10-11H2,1-2H3,(H2,17,19)(H,18,20). The molecule has 0 saturated heterocycles. The van der Waals surface area contributed by atoms with Gasteiger partial charge in [0.15, 0.2) is 0 Å². The zero-order valence-electron chi connectivity index (χ0n) is 12.5. The molecule has 0 atom stereocenters. The first kappa shape index (κ1) is 17.3. The summed E-state index contributed by atoms with van der Waals surface area (Å²) in [5, 5.41) is 2.82. The topological polar surface area (TPSA) is 72.2 Å². The maximum Gasteiger partial charge on any atom is 0.252 e. The van der Waals surface area contributed by atoms with Crippen molar-refractivity contribution in [3.63, 3.8) is 0 Å². The largest absolute Gasteiger partial charge is 0.370 e. The van der Waals surface area contributed by atoms with Gasteiger partial charge in [0.05, 0.1) is 5.56 Å².